The van der Waals surface area contributed by atoms with Gasteiger partial charge in [0.2, 0.25) is 5.91 Å². The molecule has 2 fully saturated rings. The summed E-state index contributed by atoms with van der Waals surface area (Å²) in [6, 6.07) is 13.7. The zero-order chi connectivity index (χ0) is 21.0. The minimum absolute atomic E-state index is 0.0359. The molecule has 2 saturated heterocycles. The van der Waals surface area contributed by atoms with E-state index in [1.807, 2.05) is 42.6 Å². The molecule has 1 atom stereocenters. The summed E-state index contributed by atoms with van der Waals surface area (Å²) in [7, 11) is 0. The van der Waals surface area contributed by atoms with E-state index in [-0.39, 0.29) is 11.9 Å². The lowest BCUT2D eigenvalue weighted by atomic mass is 10.2. The number of amidine groups is 1. The van der Waals surface area contributed by atoms with E-state index in [9.17, 15) is 4.79 Å². The second-order valence-corrected chi connectivity index (χ2v) is 8.60. The highest BCUT2D eigenvalue weighted by Gasteiger charge is 2.27. The molecule has 4 heterocycles. The first kappa shape index (κ1) is 19.9. The average Bonchev–Trinajstić information content (AvgIpc) is 3.48. The maximum atomic E-state index is 12.9. The fourth-order valence-electron chi connectivity index (χ4n) is 3.82. The van der Waals surface area contributed by atoms with Crippen molar-refractivity contribution in [2.75, 3.05) is 42.1 Å². The summed E-state index contributed by atoms with van der Waals surface area (Å²) >= 11 is 1.57. The van der Waals surface area contributed by atoms with Crippen LogP contribution in [0.25, 0.3) is 11.0 Å². The predicted molar refractivity (Wildman–Crippen MR) is 127 cm³/mol. The first-order valence-electron chi connectivity index (χ1n) is 10.5. The highest BCUT2D eigenvalue weighted by Crippen LogP contribution is 2.26. The van der Waals surface area contributed by atoms with Gasteiger partial charge in [0.25, 0.3) is 0 Å². The highest BCUT2D eigenvalue weighted by molar-refractivity contribution is 8.14. The molecule has 0 radical (unpaired) electrons. The van der Waals surface area contributed by atoms with Gasteiger partial charge in [-0.15, -0.1) is 0 Å². The largest absolute Gasteiger partial charge is 0.367 e. The van der Waals surface area contributed by atoms with Crippen molar-refractivity contribution in [3.63, 3.8) is 0 Å². The van der Waals surface area contributed by atoms with Gasteiger partial charge in [-0.1, -0.05) is 23.9 Å². The van der Waals surface area contributed by atoms with Crippen LogP contribution >= 0.6 is 11.8 Å². The van der Waals surface area contributed by atoms with Gasteiger partial charge in [-0.25, -0.2) is 4.98 Å². The standard InChI is InChI=1S/C22H25N7OS/c30-21(27-17-3-1-2-4-19(17)29-11-9-23-10-12-29)18-14-31-22(28-18)25-13-16-6-5-15-7-8-24-20(15)26-16/h1-8,18,23H,9-14H2,(H,24,26)(H,25,28)(H,27,30). The Bertz CT molecular complexity index is 1110. The number of rotatable bonds is 5. The van der Waals surface area contributed by atoms with E-state index in [1.54, 1.807) is 11.8 Å². The summed E-state index contributed by atoms with van der Waals surface area (Å²) in [5, 5.41) is 11.6. The molecule has 1 amide bonds. The van der Waals surface area contributed by atoms with Gasteiger partial charge in [0.1, 0.15) is 11.7 Å². The number of fused-ring (bicyclic) bond motifs is 1. The van der Waals surface area contributed by atoms with Crippen molar-refractivity contribution in [3.8, 4) is 0 Å². The van der Waals surface area contributed by atoms with E-state index >= 15 is 0 Å². The number of benzene rings is 1. The van der Waals surface area contributed by atoms with Crippen molar-refractivity contribution in [2.45, 2.75) is 12.6 Å². The van der Waals surface area contributed by atoms with Crippen molar-refractivity contribution < 1.29 is 4.79 Å². The SMILES string of the molecule is O=C(Nc1ccccc1N1CCNCC1)C1CSC(=NCc2ccc3cc[nH]c3n2)N1. The van der Waals surface area contributed by atoms with Crippen molar-refractivity contribution >= 4 is 45.2 Å². The number of carbonyl (C=O) groups is 1. The molecular formula is C22H25N7OS. The predicted octanol–water partition coefficient (Wildman–Crippen LogP) is 2.17. The Labute approximate surface area is 184 Å². The number of anilines is 2. The quantitative estimate of drug-likeness (QED) is 0.491. The van der Waals surface area contributed by atoms with Crippen LogP contribution in [0, 0.1) is 0 Å². The van der Waals surface area contributed by atoms with Gasteiger partial charge in [-0.2, -0.15) is 0 Å². The Morgan fingerprint density at radius 3 is 2.97 bits per heavy atom. The van der Waals surface area contributed by atoms with Crippen molar-refractivity contribution in [1.82, 2.24) is 20.6 Å². The van der Waals surface area contributed by atoms with Gasteiger partial charge < -0.3 is 25.8 Å². The molecule has 1 unspecified atom stereocenters. The van der Waals surface area contributed by atoms with Crippen LogP contribution in [0.15, 0.2) is 53.7 Å². The molecule has 8 nitrogen and oxygen atoms in total. The average molecular weight is 436 g/mol. The van der Waals surface area contributed by atoms with Gasteiger partial charge in [0.05, 0.1) is 23.6 Å². The molecule has 0 spiro atoms. The summed E-state index contributed by atoms with van der Waals surface area (Å²) in [5.41, 5.74) is 3.69. The summed E-state index contributed by atoms with van der Waals surface area (Å²) < 4.78 is 0. The summed E-state index contributed by atoms with van der Waals surface area (Å²) in [6.45, 7) is 4.25. The van der Waals surface area contributed by atoms with Crippen LogP contribution in [0.5, 0.6) is 0 Å². The molecule has 2 aromatic heterocycles. The Morgan fingerprint density at radius 1 is 1.19 bits per heavy atom. The summed E-state index contributed by atoms with van der Waals surface area (Å²) in [5.74, 6) is 0.620. The Morgan fingerprint density at radius 2 is 2.06 bits per heavy atom. The fraction of sp³-hybridized carbons (Fsp3) is 0.318. The highest BCUT2D eigenvalue weighted by atomic mass is 32.2. The number of nitrogens with one attached hydrogen (secondary N) is 4. The van der Waals surface area contributed by atoms with Gasteiger partial charge in [0.15, 0.2) is 5.17 Å². The number of hydrogen-bond donors (Lipinski definition) is 4. The van der Waals surface area contributed by atoms with Crippen molar-refractivity contribution in [3.05, 3.63) is 54.4 Å². The van der Waals surface area contributed by atoms with Crippen LogP contribution < -0.4 is 20.9 Å². The fourth-order valence-corrected chi connectivity index (χ4v) is 4.76. The third-order valence-electron chi connectivity index (χ3n) is 5.47. The maximum Gasteiger partial charge on any atom is 0.247 e. The molecular weight excluding hydrogens is 410 g/mol. The van der Waals surface area contributed by atoms with Crippen LogP contribution in [0.1, 0.15) is 5.69 Å². The van der Waals surface area contributed by atoms with Crippen molar-refractivity contribution in [2.24, 2.45) is 4.99 Å². The number of carbonyl (C=O) groups excluding carboxylic acids is 1. The minimum Gasteiger partial charge on any atom is -0.367 e. The van der Waals surface area contributed by atoms with E-state index in [4.69, 9.17) is 0 Å². The molecule has 1 aromatic carbocycles. The molecule has 0 bridgehead atoms. The van der Waals surface area contributed by atoms with E-state index in [1.165, 1.54) is 0 Å². The Balaban J connectivity index is 1.21. The van der Waals surface area contributed by atoms with E-state index in [2.05, 4.69) is 41.9 Å². The molecule has 2 aliphatic rings. The normalized spacial score (nSPS) is 20.2. The number of amides is 1. The van der Waals surface area contributed by atoms with Crippen LogP contribution in [0.2, 0.25) is 0 Å². The number of aromatic nitrogens is 2. The molecule has 160 valence electrons. The minimum atomic E-state index is -0.307. The molecule has 3 aromatic rings. The second-order valence-electron chi connectivity index (χ2n) is 7.59. The van der Waals surface area contributed by atoms with Crippen LogP contribution in [0.4, 0.5) is 11.4 Å². The van der Waals surface area contributed by atoms with Crippen LogP contribution in [0.3, 0.4) is 0 Å². The number of aromatic amines is 1. The number of thioether (sulfide) groups is 1. The number of nitrogens with zero attached hydrogens (tertiary/aromatic N) is 3. The molecule has 4 N–H and O–H groups in total. The number of para-hydroxylation sites is 2. The number of H-pyrrole nitrogens is 1. The third kappa shape index (κ3) is 4.52. The van der Waals surface area contributed by atoms with E-state index in [0.29, 0.717) is 12.3 Å². The zero-order valence-corrected chi connectivity index (χ0v) is 17.9. The topological polar surface area (TPSA) is 97.4 Å². The van der Waals surface area contributed by atoms with Gasteiger partial charge in [-0.05, 0) is 30.3 Å². The lowest BCUT2D eigenvalue weighted by Gasteiger charge is -2.31. The molecule has 31 heavy (non-hydrogen) atoms. The van der Waals surface area contributed by atoms with Gasteiger partial charge in [-0.3, -0.25) is 9.79 Å². The van der Waals surface area contributed by atoms with E-state index < -0.39 is 0 Å². The molecule has 9 heteroatoms. The maximum absolute atomic E-state index is 12.9. The Hall–Kier alpha value is -3.04. The van der Waals surface area contributed by atoms with Gasteiger partial charge >= 0.3 is 0 Å². The lowest BCUT2D eigenvalue weighted by molar-refractivity contribution is -0.117. The van der Waals surface area contributed by atoms with E-state index in [0.717, 1.165) is 59.4 Å². The molecule has 0 saturated carbocycles. The summed E-state index contributed by atoms with van der Waals surface area (Å²) in [6.07, 6.45) is 1.88. The monoisotopic (exact) mass is 435 g/mol. The number of piperazine rings is 1. The molecule has 5 rings (SSSR count). The smallest absolute Gasteiger partial charge is 0.247 e. The molecule has 2 aliphatic heterocycles. The van der Waals surface area contributed by atoms with Gasteiger partial charge in [0, 0.05) is 43.5 Å². The first-order valence-corrected chi connectivity index (χ1v) is 11.5. The number of pyridine rings is 1. The Kier molecular flexibility index (Phi) is 5.77. The summed E-state index contributed by atoms with van der Waals surface area (Å²) in [4.78, 5) is 27.5. The molecule has 0 aliphatic carbocycles. The van der Waals surface area contributed by atoms with Crippen LogP contribution in [-0.2, 0) is 11.3 Å². The lowest BCUT2D eigenvalue weighted by Crippen LogP contribution is -2.44. The second kappa shape index (κ2) is 8.99. The number of hydrogen-bond acceptors (Lipinski definition) is 6. The number of aliphatic imine (C=N–C) groups is 1. The first-order chi connectivity index (χ1) is 15.3. The van der Waals surface area contributed by atoms with Crippen molar-refractivity contribution in [1.29, 1.82) is 0 Å². The zero-order valence-electron chi connectivity index (χ0n) is 17.1. The van der Waals surface area contributed by atoms with Crippen LogP contribution in [-0.4, -0.2) is 59.0 Å². The third-order valence-corrected chi connectivity index (χ3v) is 6.49.